The van der Waals surface area contributed by atoms with Gasteiger partial charge in [-0.05, 0) is 45.8 Å². The van der Waals surface area contributed by atoms with Crippen LogP contribution in [0.3, 0.4) is 0 Å². The van der Waals surface area contributed by atoms with Crippen molar-refractivity contribution < 1.29 is 5.11 Å². The lowest BCUT2D eigenvalue weighted by Gasteiger charge is -2.32. The Hall–Kier alpha value is -0.230. The number of aliphatic hydroxyl groups excluding tert-OH is 1. The Labute approximate surface area is 104 Å². The smallest absolute Gasteiger partial charge is 0.170 e. The molecule has 0 spiro atoms. The number of hydrogen-bond donors (Lipinski definition) is 1. The first-order chi connectivity index (χ1) is 7.58. The van der Waals surface area contributed by atoms with Crippen LogP contribution in [0.4, 0.5) is 0 Å². The lowest BCUT2D eigenvalue weighted by Crippen LogP contribution is -2.45. The molecule has 0 bridgehead atoms. The SMILES string of the molecule is CN1CCN(CCCN(C)CC(O)=S)CC1. The van der Waals surface area contributed by atoms with Gasteiger partial charge in [-0.1, -0.05) is 0 Å². The van der Waals surface area contributed by atoms with Gasteiger partial charge in [0, 0.05) is 26.2 Å². The van der Waals surface area contributed by atoms with E-state index in [2.05, 4.69) is 34.0 Å². The van der Waals surface area contributed by atoms with Crippen molar-refractivity contribution in [1.29, 1.82) is 0 Å². The molecule has 0 aromatic heterocycles. The van der Waals surface area contributed by atoms with Crippen LogP contribution in [-0.4, -0.2) is 84.8 Å². The zero-order chi connectivity index (χ0) is 12.0. The molecular formula is C11H23N3OS. The fourth-order valence-corrected chi connectivity index (χ4v) is 2.17. The maximum atomic E-state index is 8.97. The molecule has 0 radical (unpaired) electrons. The number of likely N-dealkylation sites (N-methyl/N-ethyl adjacent to an activating group) is 2. The van der Waals surface area contributed by atoms with Gasteiger partial charge in [-0.2, -0.15) is 0 Å². The van der Waals surface area contributed by atoms with Gasteiger partial charge in [0.05, 0.1) is 6.54 Å². The van der Waals surface area contributed by atoms with E-state index in [9.17, 15) is 0 Å². The van der Waals surface area contributed by atoms with E-state index in [1.807, 2.05) is 7.05 Å². The van der Waals surface area contributed by atoms with E-state index in [4.69, 9.17) is 5.11 Å². The molecular weight excluding hydrogens is 222 g/mol. The summed E-state index contributed by atoms with van der Waals surface area (Å²) in [6.07, 6.45) is 1.14. The fraction of sp³-hybridized carbons (Fsp3) is 0.909. The average molecular weight is 245 g/mol. The predicted molar refractivity (Wildman–Crippen MR) is 71.3 cm³/mol. The molecule has 1 heterocycles. The minimum Gasteiger partial charge on any atom is -0.501 e. The van der Waals surface area contributed by atoms with Crippen LogP contribution in [0.25, 0.3) is 0 Å². The Balaban J connectivity index is 2.04. The Bertz CT molecular complexity index is 217. The molecule has 0 amide bonds. The normalized spacial score (nSPS) is 19.2. The second kappa shape index (κ2) is 7.17. The van der Waals surface area contributed by atoms with E-state index in [0.717, 1.165) is 19.5 Å². The lowest BCUT2D eigenvalue weighted by molar-refractivity contribution is 0.149. The van der Waals surface area contributed by atoms with E-state index in [-0.39, 0.29) is 5.05 Å². The van der Waals surface area contributed by atoms with Gasteiger partial charge >= 0.3 is 0 Å². The summed E-state index contributed by atoms with van der Waals surface area (Å²) in [6.45, 7) is 7.37. The molecule has 94 valence electrons. The molecule has 0 unspecified atom stereocenters. The monoisotopic (exact) mass is 245 g/mol. The summed E-state index contributed by atoms with van der Waals surface area (Å²) in [5.74, 6) is 0. The van der Waals surface area contributed by atoms with Crippen LogP contribution in [0.5, 0.6) is 0 Å². The minimum atomic E-state index is 0.0853. The first kappa shape index (κ1) is 13.8. The van der Waals surface area contributed by atoms with Crippen LogP contribution >= 0.6 is 12.2 Å². The van der Waals surface area contributed by atoms with Gasteiger partial charge < -0.3 is 14.9 Å². The van der Waals surface area contributed by atoms with Crippen LogP contribution in [0.2, 0.25) is 0 Å². The standard InChI is InChI=1S/C11H23N3OS/c1-12-6-8-14(9-7-12)5-3-4-13(2)10-11(15)16/h3-10H2,1-2H3,(H,15,16). The van der Waals surface area contributed by atoms with Crippen molar-refractivity contribution in [2.24, 2.45) is 0 Å². The molecule has 1 saturated heterocycles. The first-order valence-corrected chi connectivity index (χ1v) is 6.30. The van der Waals surface area contributed by atoms with Crippen molar-refractivity contribution in [1.82, 2.24) is 14.7 Å². The zero-order valence-electron chi connectivity index (χ0n) is 10.4. The summed E-state index contributed by atoms with van der Waals surface area (Å²) in [6, 6.07) is 0. The second-order valence-corrected chi connectivity index (χ2v) is 5.10. The maximum Gasteiger partial charge on any atom is 0.170 e. The molecule has 16 heavy (non-hydrogen) atoms. The number of piperazine rings is 1. The third-order valence-corrected chi connectivity index (χ3v) is 3.14. The summed E-state index contributed by atoms with van der Waals surface area (Å²) in [7, 11) is 4.17. The van der Waals surface area contributed by atoms with E-state index in [1.54, 1.807) is 0 Å². The molecule has 1 fully saturated rings. The van der Waals surface area contributed by atoms with Crippen molar-refractivity contribution in [3.63, 3.8) is 0 Å². The molecule has 0 aromatic rings. The molecule has 0 saturated carbocycles. The number of hydrogen-bond acceptors (Lipinski definition) is 4. The highest BCUT2D eigenvalue weighted by molar-refractivity contribution is 7.80. The number of nitrogens with zero attached hydrogens (tertiary/aromatic N) is 3. The molecule has 0 atom stereocenters. The maximum absolute atomic E-state index is 8.97. The quantitative estimate of drug-likeness (QED) is 0.686. The van der Waals surface area contributed by atoms with Gasteiger partial charge in [0.1, 0.15) is 0 Å². The van der Waals surface area contributed by atoms with Crippen molar-refractivity contribution in [2.45, 2.75) is 6.42 Å². The number of thiocarbonyl (C=S) groups is 1. The summed E-state index contributed by atoms with van der Waals surface area (Å²) in [5.41, 5.74) is 0. The zero-order valence-corrected chi connectivity index (χ0v) is 11.2. The Morgan fingerprint density at radius 3 is 2.50 bits per heavy atom. The highest BCUT2D eigenvalue weighted by atomic mass is 32.1. The van der Waals surface area contributed by atoms with Crippen molar-refractivity contribution in [2.75, 3.05) is 59.9 Å². The number of rotatable bonds is 6. The van der Waals surface area contributed by atoms with Crippen LogP contribution in [0, 0.1) is 0 Å². The first-order valence-electron chi connectivity index (χ1n) is 5.89. The molecule has 1 rings (SSSR count). The highest BCUT2D eigenvalue weighted by Crippen LogP contribution is 2.00. The van der Waals surface area contributed by atoms with Gasteiger partial charge in [-0.3, -0.25) is 4.90 Å². The van der Waals surface area contributed by atoms with E-state index in [0.29, 0.717) is 6.54 Å². The summed E-state index contributed by atoms with van der Waals surface area (Å²) < 4.78 is 0. The Kier molecular flexibility index (Phi) is 6.20. The molecule has 1 aliphatic heterocycles. The highest BCUT2D eigenvalue weighted by Gasteiger charge is 2.13. The Morgan fingerprint density at radius 1 is 1.31 bits per heavy atom. The van der Waals surface area contributed by atoms with Gasteiger partial charge in [-0.15, -0.1) is 0 Å². The minimum absolute atomic E-state index is 0.0853. The van der Waals surface area contributed by atoms with Gasteiger partial charge in [-0.25, -0.2) is 0 Å². The van der Waals surface area contributed by atoms with Crippen LogP contribution in [0.1, 0.15) is 6.42 Å². The molecule has 0 aliphatic carbocycles. The van der Waals surface area contributed by atoms with Crippen LogP contribution in [-0.2, 0) is 0 Å². The fourth-order valence-electron chi connectivity index (χ4n) is 1.95. The van der Waals surface area contributed by atoms with Gasteiger partial charge in [0.15, 0.2) is 5.05 Å². The molecule has 1 N–H and O–H groups in total. The summed E-state index contributed by atoms with van der Waals surface area (Å²) in [5, 5.41) is 9.06. The lowest BCUT2D eigenvalue weighted by atomic mass is 10.3. The Morgan fingerprint density at radius 2 is 1.94 bits per heavy atom. The van der Waals surface area contributed by atoms with Crippen molar-refractivity contribution in [3.8, 4) is 0 Å². The summed E-state index contributed by atoms with van der Waals surface area (Å²) >= 11 is 4.66. The summed E-state index contributed by atoms with van der Waals surface area (Å²) in [4.78, 5) is 6.94. The largest absolute Gasteiger partial charge is 0.501 e. The van der Waals surface area contributed by atoms with Gasteiger partial charge in [0.2, 0.25) is 0 Å². The van der Waals surface area contributed by atoms with E-state index < -0.39 is 0 Å². The number of aliphatic hydroxyl groups is 1. The van der Waals surface area contributed by atoms with E-state index >= 15 is 0 Å². The predicted octanol–water partition coefficient (Wildman–Crippen LogP) is 0.441. The third-order valence-electron chi connectivity index (χ3n) is 3.02. The third kappa shape index (κ3) is 5.75. The molecule has 1 aliphatic rings. The topological polar surface area (TPSA) is 30.0 Å². The molecule has 0 aromatic carbocycles. The molecule has 5 heteroatoms. The van der Waals surface area contributed by atoms with Crippen molar-refractivity contribution >= 4 is 17.3 Å². The van der Waals surface area contributed by atoms with Crippen LogP contribution in [0.15, 0.2) is 0 Å². The van der Waals surface area contributed by atoms with E-state index in [1.165, 1.54) is 26.2 Å². The van der Waals surface area contributed by atoms with Crippen LogP contribution < -0.4 is 0 Å². The second-order valence-electron chi connectivity index (χ2n) is 4.63. The van der Waals surface area contributed by atoms with Gasteiger partial charge in [0.25, 0.3) is 0 Å². The molecule has 4 nitrogen and oxygen atoms in total. The average Bonchev–Trinajstić information content (AvgIpc) is 2.20. The van der Waals surface area contributed by atoms with Crippen molar-refractivity contribution in [3.05, 3.63) is 0 Å².